The van der Waals surface area contributed by atoms with E-state index in [1.807, 2.05) is 72.8 Å². The van der Waals surface area contributed by atoms with Gasteiger partial charge in [-0.25, -0.2) is 0 Å². The van der Waals surface area contributed by atoms with Crippen LogP contribution < -0.4 is 18.9 Å². The first-order valence-corrected chi connectivity index (χ1v) is 13.8. The summed E-state index contributed by atoms with van der Waals surface area (Å²) >= 11 is 0. The highest BCUT2D eigenvalue weighted by atomic mass is 16.5. The molecule has 0 aromatic heterocycles. The summed E-state index contributed by atoms with van der Waals surface area (Å²) in [6, 6.07) is 31.9. The Morgan fingerprint density at radius 1 is 0.475 bits per heavy atom. The van der Waals surface area contributed by atoms with Crippen LogP contribution in [-0.2, 0) is 0 Å². The lowest BCUT2D eigenvalue weighted by molar-refractivity contribution is 0.201. The standard InChI is InChI=1S/C34H38O6/c1-26(40-34-19-11-30(12-20-34)29-9-17-33(18-10-29)39-25-22-36)4-2-3-23-37-31-13-5-27(6-14-31)28-7-15-32(16-8-28)38-24-21-35/h5-20,26,35-36H,2-4,21-25H2,1H3. The summed E-state index contributed by atoms with van der Waals surface area (Å²) in [6.07, 6.45) is 3.06. The van der Waals surface area contributed by atoms with Gasteiger partial charge in [0, 0.05) is 0 Å². The van der Waals surface area contributed by atoms with E-state index < -0.39 is 0 Å². The maximum Gasteiger partial charge on any atom is 0.119 e. The van der Waals surface area contributed by atoms with Gasteiger partial charge in [-0.1, -0.05) is 48.5 Å². The van der Waals surface area contributed by atoms with E-state index in [1.165, 1.54) is 0 Å². The van der Waals surface area contributed by atoms with Crippen LogP contribution in [0.25, 0.3) is 22.3 Å². The second kappa shape index (κ2) is 15.6. The van der Waals surface area contributed by atoms with E-state index in [9.17, 15) is 0 Å². The minimum atomic E-state index is 0.00601. The Labute approximate surface area is 236 Å². The highest BCUT2D eigenvalue weighted by molar-refractivity contribution is 5.65. The highest BCUT2D eigenvalue weighted by Crippen LogP contribution is 2.26. The topological polar surface area (TPSA) is 77.4 Å². The molecule has 0 fully saturated rings. The molecule has 0 aliphatic carbocycles. The van der Waals surface area contributed by atoms with E-state index in [2.05, 4.69) is 31.2 Å². The van der Waals surface area contributed by atoms with E-state index in [4.69, 9.17) is 29.2 Å². The molecule has 0 radical (unpaired) electrons. The summed E-state index contributed by atoms with van der Waals surface area (Å²) in [5.74, 6) is 3.23. The molecule has 210 valence electrons. The van der Waals surface area contributed by atoms with Crippen molar-refractivity contribution in [1.29, 1.82) is 0 Å². The molecule has 0 heterocycles. The van der Waals surface area contributed by atoms with Crippen molar-refractivity contribution in [2.45, 2.75) is 32.3 Å². The molecule has 4 aromatic carbocycles. The van der Waals surface area contributed by atoms with Crippen LogP contribution in [0.4, 0.5) is 0 Å². The van der Waals surface area contributed by atoms with Gasteiger partial charge in [-0.05, 0) is 97.0 Å². The Morgan fingerprint density at radius 3 is 1.20 bits per heavy atom. The summed E-state index contributed by atoms with van der Waals surface area (Å²) in [5.41, 5.74) is 4.43. The lowest BCUT2D eigenvalue weighted by Gasteiger charge is -2.15. The summed E-state index contributed by atoms with van der Waals surface area (Å²) in [5, 5.41) is 17.7. The molecule has 0 aliphatic rings. The van der Waals surface area contributed by atoms with E-state index >= 15 is 0 Å². The van der Waals surface area contributed by atoms with Crippen molar-refractivity contribution < 1.29 is 29.2 Å². The van der Waals surface area contributed by atoms with Gasteiger partial charge >= 0.3 is 0 Å². The van der Waals surface area contributed by atoms with Crippen LogP contribution in [0.1, 0.15) is 26.2 Å². The van der Waals surface area contributed by atoms with Gasteiger partial charge in [0.25, 0.3) is 0 Å². The molecule has 1 atom stereocenters. The lowest BCUT2D eigenvalue weighted by Crippen LogP contribution is -2.12. The molecular formula is C34H38O6. The normalized spacial score (nSPS) is 11.6. The zero-order chi connectivity index (χ0) is 28.0. The third-order valence-electron chi connectivity index (χ3n) is 6.41. The number of hydrogen-bond acceptors (Lipinski definition) is 6. The fraction of sp³-hybridized carbons (Fsp3) is 0.294. The van der Waals surface area contributed by atoms with Gasteiger partial charge < -0.3 is 29.2 Å². The molecule has 0 amide bonds. The Balaban J connectivity index is 1.14. The van der Waals surface area contributed by atoms with Crippen molar-refractivity contribution in [3.8, 4) is 45.3 Å². The number of aliphatic hydroxyl groups is 2. The number of ether oxygens (including phenoxy) is 4. The number of unbranched alkanes of at least 4 members (excludes halogenated alkanes) is 1. The second-order valence-corrected chi connectivity index (χ2v) is 9.51. The average molecular weight is 543 g/mol. The van der Waals surface area contributed by atoms with Gasteiger partial charge in [0.05, 0.1) is 25.9 Å². The van der Waals surface area contributed by atoms with Crippen LogP contribution >= 0.6 is 0 Å². The minimum absolute atomic E-state index is 0.00601. The Hall–Kier alpha value is -4.00. The predicted octanol–water partition coefficient (Wildman–Crippen LogP) is 6.78. The van der Waals surface area contributed by atoms with Crippen molar-refractivity contribution in [2.75, 3.05) is 33.0 Å². The first kappa shape index (κ1) is 29.0. The number of aliphatic hydroxyl groups excluding tert-OH is 2. The first-order chi connectivity index (χ1) is 19.6. The number of hydrogen-bond donors (Lipinski definition) is 2. The zero-order valence-electron chi connectivity index (χ0n) is 23.0. The van der Waals surface area contributed by atoms with Crippen molar-refractivity contribution in [3.05, 3.63) is 97.1 Å². The molecule has 1 unspecified atom stereocenters. The predicted molar refractivity (Wildman–Crippen MR) is 158 cm³/mol. The quantitative estimate of drug-likeness (QED) is 0.152. The Bertz CT molecular complexity index is 1250. The molecular weight excluding hydrogens is 504 g/mol. The van der Waals surface area contributed by atoms with Gasteiger partial charge in [0.1, 0.15) is 36.2 Å². The van der Waals surface area contributed by atoms with Crippen LogP contribution in [0.5, 0.6) is 23.0 Å². The van der Waals surface area contributed by atoms with Crippen LogP contribution in [0, 0.1) is 0 Å². The zero-order valence-corrected chi connectivity index (χ0v) is 23.0. The second-order valence-electron chi connectivity index (χ2n) is 9.51. The third kappa shape index (κ3) is 9.04. The molecule has 2 N–H and O–H groups in total. The molecule has 6 heteroatoms. The van der Waals surface area contributed by atoms with Gasteiger partial charge in [0.2, 0.25) is 0 Å². The molecule has 40 heavy (non-hydrogen) atoms. The Kier molecular flexibility index (Phi) is 11.3. The summed E-state index contributed by atoms with van der Waals surface area (Å²) in [4.78, 5) is 0. The molecule has 0 bridgehead atoms. The van der Waals surface area contributed by atoms with E-state index in [0.29, 0.717) is 19.8 Å². The van der Waals surface area contributed by atoms with Gasteiger partial charge in [0.15, 0.2) is 0 Å². The molecule has 6 nitrogen and oxygen atoms in total. The van der Waals surface area contributed by atoms with Crippen molar-refractivity contribution >= 4 is 0 Å². The van der Waals surface area contributed by atoms with Crippen LogP contribution in [0.3, 0.4) is 0 Å². The molecule has 0 saturated carbocycles. The van der Waals surface area contributed by atoms with Crippen LogP contribution in [0.2, 0.25) is 0 Å². The lowest BCUT2D eigenvalue weighted by atomic mass is 10.1. The van der Waals surface area contributed by atoms with Gasteiger partial charge in [-0.2, -0.15) is 0 Å². The molecule has 0 saturated heterocycles. The van der Waals surface area contributed by atoms with Crippen molar-refractivity contribution in [1.82, 2.24) is 0 Å². The molecule has 4 rings (SSSR count). The van der Waals surface area contributed by atoms with Crippen molar-refractivity contribution in [3.63, 3.8) is 0 Å². The number of rotatable bonds is 16. The SMILES string of the molecule is CC(CCCCOc1ccc(-c2ccc(OCCO)cc2)cc1)Oc1ccc(-c2ccc(OCCO)cc2)cc1. The number of benzene rings is 4. The molecule has 0 spiro atoms. The Morgan fingerprint density at radius 2 is 0.825 bits per heavy atom. The highest BCUT2D eigenvalue weighted by Gasteiger charge is 2.06. The fourth-order valence-corrected chi connectivity index (χ4v) is 4.30. The van der Waals surface area contributed by atoms with Crippen LogP contribution in [0.15, 0.2) is 97.1 Å². The van der Waals surface area contributed by atoms with Crippen molar-refractivity contribution in [2.24, 2.45) is 0 Å². The average Bonchev–Trinajstić information content (AvgIpc) is 3.00. The maximum absolute atomic E-state index is 8.87. The smallest absolute Gasteiger partial charge is 0.119 e. The summed E-state index contributed by atoms with van der Waals surface area (Å²) < 4.78 is 22.9. The van der Waals surface area contributed by atoms with E-state index in [1.54, 1.807) is 0 Å². The molecule has 0 aliphatic heterocycles. The van der Waals surface area contributed by atoms with E-state index in [0.717, 1.165) is 64.5 Å². The largest absolute Gasteiger partial charge is 0.494 e. The fourth-order valence-electron chi connectivity index (χ4n) is 4.30. The summed E-state index contributed by atoms with van der Waals surface area (Å²) in [6.45, 7) is 3.38. The third-order valence-corrected chi connectivity index (χ3v) is 6.41. The van der Waals surface area contributed by atoms with Gasteiger partial charge in [-0.3, -0.25) is 0 Å². The summed E-state index contributed by atoms with van der Waals surface area (Å²) in [7, 11) is 0. The first-order valence-electron chi connectivity index (χ1n) is 13.8. The minimum Gasteiger partial charge on any atom is -0.494 e. The monoisotopic (exact) mass is 542 g/mol. The van der Waals surface area contributed by atoms with Gasteiger partial charge in [-0.15, -0.1) is 0 Å². The van der Waals surface area contributed by atoms with E-state index in [-0.39, 0.29) is 19.3 Å². The molecule has 4 aromatic rings. The maximum atomic E-state index is 8.87. The van der Waals surface area contributed by atoms with Crippen LogP contribution in [-0.4, -0.2) is 49.4 Å².